The molecule has 1 aliphatic heterocycles. The highest BCUT2D eigenvalue weighted by molar-refractivity contribution is 5.87. The van der Waals surface area contributed by atoms with E-state index in [1.165, 1.54) is 7.11 Å². The lowest BCUT2D eigenvalue weighted by atomic mass is 10.0. The number of β-amino-alcohol motifs (C(OH)–C–C–N with tert-alkyl or cyclic N) is 1. The number of nitrogens with zero attached hydrogens (tertiary/aromatic N) is 3. The lowest BCUT2D eigenvalue weighted by molar-refractivity contribution is 0.0594. The number of aryl methyl sites for hydroxylation is 1. The van der Waals surface area contributed by atoms with Crippen molar-refractivity contribution in [1.82, 2.24) is 15.2 Å². The fourth-order valence-electron chi connectivity index (χ4n) is 2.91. The van der Waals surface area contributed by atoms with E-state index in [0.29, 0.717) is 25.3 Å². The van der Waals surface area contributed by atoms with Crippen molar-refractivity contribution in [2.24, 2.45) is 5.92 Å². The molecule has 7 nitrogen and oxygen atoms in total. The van der Waals surface area contributed by atoms with Gasteiger partial charge < -0.3 is 14.7 Å². The topological polar surface area (TPSA) is 91.3 Å². The molecule has 3 heterocycles. The minimum absolute atomic E-state index is 0.0845. The van der Waals surface area contributed by atoms with Crippen LogP contribution in [0, 0.1) is 12.8 Å². The number of aliphatic hydroxyl groups excluding tert-OH is 1. The van der Waals surface area contributed by atoms with Crippen LogP contribution in [-0.2, 0) is 11.2 Å². The molecule has 0 bridgehead atoms. The number of ether oxygens (including phenoxy) is 1. The number of rotatable bonds is 4. The van der Waals surface area contributed by atoms with Crippen LogP contribution in [0.5, 0.6) is 0 Å². The van der Waals surface area contributed by atoms with Crippen molar-refractivity contribution in [3.8, 4) is 0 Å². The molecule has 0 spiro atoms. The first-order valence-corrected chi connectivity index (χ1v) is 7.56. The van der Waals surface area contributed by atoms with Gasteiger partial charge in [-0.3, -0.25) is 5.10 Å². The first-order chi connectivity index (χ1) is 11.1. The van der Waals surface area contributed by atoms with Crippen LogP contribution in [0.4, 0.5) is 5.82 Å². The number of aromatic amines is 1. The maximum atomic E-state index is 11.6. The summed E-state index contributed by atoms with van der Waals surface area (Å²) in [4.78, 5) is 17.9. The Balaban J connectivity index is 1.72. The van der Waals surface area contributed by atoms with Crippen LogP contribution in [0.2, 0.25) is 0 Å². The summed E-state index contributed by atoms with van der Waals surface area (Å²) in [6.45, 7) is 3.12. The van der Waals surface area contributed by atoms with Crippen LogP contribution in [0.1, 0.15) is 21.9 Å². The molecule has 0 amide bonds. The Labute approximate surface area is 134 Å². The monoisotopic (exact) mass is 316 g/mol. The van der Waals surface area contributed by atoms with Crippen molar-refractivity contribution in [2.75, 3.05) is 25.1 Å². The number of pyridine rings is 1. The summed E-state index contributed by atoms with van der Waals surface area (Å²) in [6.07, 6.45) is 0.259. The highest BCUT2D eigenvalue weighted by Crippen LogP contribution is 2.25. The number of carbonyl (C=O) groups is 1. The quantitative estimate of drug-likeness (QED) is 0.816. The van der Waals surface area contributed by atoms with Gasteiger partial charge in [0.2, 0.25) is 0 Å². The zero-order valence-electron chi connectivity index (χ0n) is 13.2. The second-order valence-corrected chi connectivity index (χ2v) is 5.85. The maximum Gasteiger partial charge on any atom is 0.356 e. The standard InChI is InChI=1S/C16H20N4O3/c1-10-6-12(19-18-10)7-11-8-20(9-14(11)21)15-5-3-4-13(17-15)16(22)23-2/h3-6,11,14,21H,7-9H2,1-2H3,(H,18,19)/t11-,14-/m1/s1. The van der Waals surface area contributed by atoms with Crippen LogP contribution in [0.3, 0.4) is 0 Å². The molecule has 0 radical (unpaired) electrons. The van der Waals surface area contributed by atoms with E-state index in [1.54, 1.807) is 12.1 Å². The summed E-state index contributed by atoms with van der Waals surface area (Å²) in [6, 6.07) is 7.21. The third-order valence-corrected chi connectivity index (χ3v) is 4.09. The lowest BCUT2D eigenvalue weighted by Crippen LogP contribution is -2.22. The van der Waals surface area contributed by atoms with E-state index in [-0.39, 0.29) is 11.6 Å². The van der Waals surface area contributed by atoms with Gasteiger partial charge in [0, 0.05) is 24.7 Å². The van der Waals surface area contributed by atoms with Crippen LogP contribution in [0.25, 0.3) is 0 Å². The van der Waals surface area contributed by atoms with Crippen molar-refractivity contribution >= 4 is 11.8 Å². The molecule has 1 saturated heterocycles. The van der Waals surface area contributed by atoms with Gasteiger partial charge in [0.25, 0.3) is 0 Å². The minimum Gasteiger partial charge on any atom is -0.464 e. The van der Waals surface area contributed by atoms with Crippen molar-refractivity contribution in [3.63, 3.8) is 0 Å². The van der Waals surface area contributed by atoms with Crippen LogP contribution < -0.4 is 4.90 Å². The second-order valence-electron chi connectivity index (χ2n) is 5.85. The predicted molar refractivity (Wildman–Crippen MR) is 84.3 cm³/mol. The lowest BCUT2D eigenvalue weighted by Gasteiger charge is -2.17. The molecule has 3 rings (SSSR count). The Kier molecular flexibility index (Phi) is 4.29. The van der Waals surface area contributed by atoms with Gasteiger partial charge in [0.05, 0.1) is 18.9 Å². The minimum atomic E-state index is -0.463. The summed E-state index contributed by atoms with van der Waals surface area (Å²) in [5.74, 6) is 0.295. The Bertz CT molecular complexity index is 700. The fraction of sp³-hybridized carbons (Fsp3) is 0.438. The van der Waals surface area contributed by atoms with Crippen LogP contribution in [0.15, 0.2) is 24.3 Å². The molecule has 0 aliphatic carbocycles. The summed E-state index contributed by atoms with van der Waals surface area (Å²) in [5.41, 5.74) is 2.23. The van der Waals surface area contributed by atoms with Gasteiger partial charge in [-0.05, 0) is 31.5 Å². The number of hydrogen-bond donors (Lipinski definition) is 2. The van der Waals surface area contributed by atoms with E-state index in [0.717, 1.165) is 11.4 Å². The Morgan fingerprint density at radius 3 is 3.00 bits per heavy atom. The zero-order valence-corrected chi connectivity index (χ0v) is 13.2. The van der Waals surface area contributed by atoms with E-state index in [4.69, 9.17) is 4.74 Å². The van der Waals surface area contributed by atoms with Gasteiger partial charge in [-0.1, -0.05) is 6.07 Å². The Morgan fingerprint density at radius 2 is 2.30 bits per heavy atom. The molecule has 1 fully saturated rings. The number of esters is 1. The Hall–Kier alpha value is -2.41. The fourth-order valence-corrected chi connectivity index (χ4v) is 2.91. The SMILES string of the molecule is COC(=O)c1cccc(N2C[C@@H](Cc3cc(C)[nH]n3)[C@H](O)C2)n1. The smallest absolute Gasteiger partial charge is 0.356 e. The van der Waals surface area contributed by atoms with Gasteiger partial charge in [-0.15, -0.1) is 0 Å². The molecule has 23 heavy (non-hydrogen) atoms. The predicted octanol–water partition coefficient (Wildman–Crippen LogP) is 0.940. The van der Waals surface area contributed by atoms with Gasteiger partial charge in [0.15, 0.2) is 5.69 Å². The molecule has 2 atom stereocenters. The third kappa shape index (κ3) is 3.34. The van der Waals surface area contributed by atoms with E-state index in [9.17, 15) is 9.90 Å². The highest BCUT2D eigenvalue weighted by Gasteiger charge is 2.32. The van der Waals surface area contributed by atoms with Crippen LogP contribution >= 0.6 is 0 Å². The summed E-state index contributed by atoms with van der Waals surface area (Å²) in [5, 5.41) is 17.5. The maximum absolute atomic E-state index is 11.6. The molecule has 2 N–H and O–H groups in total. The normalized spacial score (nSPS) is 20.7. The molecule has 1 aliphatic rings. The average Bonchev–Trinajstić information content (AvgIpc) is 3.13. The number of aliphatic hydroxyl groups is 1. The van der Waals surface area contributed by atoms with Gasteiger partial charge in [0.1, 0.15) is 5.82 Å². The first-order valence-electron chi connectivity index (χ1n) is 7.56. The number of H-pyrrole nitrogens is 1. The van der Waals surface area contributed by atoms with Crippen molar-refractivity contribution < 1.29 is 14.6 Å². The largest absolute Gasteiger partial charge is 0.464 e. The molecular weight excluding hydrogens is 296 g/mol. The number of aromatic nitrogens is 3. The molecule has 2 aromatic heterocycles. The zero-order chi connectivity index (χ0) is 16.4. The van der Waals surface area contributed by atoms with Gasteiger partial charge in [-0.25, -0.2) is 9.78 Å². The molecule has 0 unspecified atom stereocenters. The highest BCUT2D eigenvalue weighted by atomic mass is 16.5. The third-order valence-electron chi connectivity index (χ3n) is 4.09. The van der Waals surface area contributed by atoms with Crippen LogP contribution in [-0.4, -0.2) is 52.6 Å². The molecule has 2 aromatic rings. The van der Waals surface area contributed by atoms with E-state index in [2.05, 4.69) is 15.2 Å². The van der Waals surface area contributed by atoms with E-state index in [1.807, 2.05) is 24.0 Å². The van der Waals surface area contributed by atoms with E-state index >= 15 is 0 Å². The van der Waals surface area contributed by atoms with Crippen molar-refractivity contribution in [2.45, 2.75) is 19.4 Å². The van der Waals surface area contributed by atoms with Crippen molar-refractivity contribution in [1.29, 1.82) is 0 Å². The van der Waals surface area contributed by atoms with Gasteiger partial charge in [-0.2, -0.15) is 5.10 Å². The molecule has 0 saturated carbocycles. The molecule has 7 heteroatoms. The van der Waals surface area contributed by atoms with Crippen molar-refractivity contribution in [3.05, 3.63) is 41.3 Å². The Morgan fingerprint density at radius 1 is 1.48 bits per heavy atom. The number of anilines is 1. The summed E-state index contributed by atoms with van der Waals surface area (Å²) >= 11 is 0. The first kappa shape index (κ1) is 15.5. The summed E-state index contributed by atoms with van der Waals surface area (Å²) < 4.78 is 4.70. The number of carbonyl (C=O) groups excluding carboxylic acids is 1. The van der Waals surface area contributed by atoms with E-state index < -0.39 is 12.1 Å². The number of nitrogens with one attached hydrogen (secondary N) is 1. The van der Waals surface area contributed by atoms with Gasteiger partial charge >= 0.3 is 5.97 Å². The molecule has 122 valence electrons. The molecular formula is C16H20N4O3. The summed E-state index contributed by atoms with van der Waals surface area (Å²) in [7, 11) is 1.33. The number of hydrogen-bond acceptors (Lipinski definition) is 6. The average molecular weight is 316 g/mol. The molecule has 0 aromatic carbocycles. The number of methoxy groups -OCH3 is 1. The second kappa shape index (κ2) is 6.37.